The van der Waals surface area contributed by atoms with E-state index in [-0.39, 0.29) is 12.0 Å². The number of fused-ring (bicyclic) bond motifs is 1. The standard InChI is InChI=1S/C22H18Cl2O4/c23-18-7-1-15(9-19(18)24)12-26-17-5-3-16(4-6-17)22-13-27-21-10-14(11-25)2-8-20(21)28-22/h1-3,5-11,16,22H,4,12-13H2/t16?,22-/m0/s1. The second-order valence-corrected chi connectivity index (χ2v) is 7.51. The van der Waals surface area contributed by atoms with E-state index in [9.17, 15) is 4.79 Å². The first-order valence-electron chi connectivity index (χ1n) is 8.96. The number of benzene rings is 2. The summed E-state index contributed by atoms with van der Waals surface area (Å²) < 4.78 is 17.7. The van der Waals surface area contributed by atoms with Crippen molar-refractivity contribution in [3.63, 3.8) is 0 Å². The maximum Gasteiger partial charge on any atom is 0.162 e. The Labute approximate surface area is 173 Å². The fraction of sp³-hybridized carbons (Fsp3) is 0.227. The van der Waals surface area contributed by atoms with E-state index in [1.165, 1.54) is 0 Å². The Morgan fingerprint density at radius 2 is 2.00 bits per heavy atom. The molecule has 0 fully saturated rings. The molecule has 0 radical (unpaired) electrons. The Morgan fingerprint density at radius 3 is 2.75 bits per heavy atom. The van der Waals surface area contributed by atoms with Gasteiger partial charge < -0.3 is 14.2 Å². The smallest absolute Gasteiger partial charge is 0.162 e. The zero-order valence-corrected chi connectivity index (χ0v) is 16.5. The second kappa shape index (κ2) is 8.29. The Kier molecular flexibility index (Phi) is 5.60. The van der Waals surface area contributed by atoms with Crippen LogP contribution in [0.5, 0.6) is 11.5 Å². The molecule has 2 aromatic carbocycles. The van der Waals surface area contributed by atoms with Crippen molar-refractivity contribution in [2.75, 3.05) is 6.61 Å². The highest BCUT2D eigenvalue weighted by Gasteiger charge is 2.28. The first kappa shape index (κ1) is 18.9. The third kappa shape index (κ3) is 4.18. The summed E-state index contributed by atoms with van der Waals surface area (Å²) in [4.78, 5) is 10.9. The normalized spacial score (nSPS) is 20.4. The lowest BCUT2D eigenvalue weighted by molar-refractivity contribution is 0.0614. The maximum atomic E-state index is 10.9. The Balaban J connectivity index is 1.33. The summed E-state index contributed by atoms with van der Waals surface area (Å²) in [6.07, 6.45) is 7.60. The van der Waals surface area contributed by atoms with Crippen molar-refractivity contribution in [2.45, 2.75) is 19.1 Å². The van der Waals surface area contributed by atoms with E-state index in [1.54, 1.807) is 30.3 Å². The van der Waals surface area contributed by atoms with Crippen molar-refractivity contribution in [2.24, 2.45) is 5.92 Å². The molecule has 1 unspecified atom stereocenters. The molecular weight excluding hydrogens is 399 g/mol. The number of carbonyl (C=O) groups excluding carboxylic acids is 1. The number of hydrogen-bond acceptors (Lipinski definition) is 4. The SMILES string of the molecule is O=Cc1ccc2c(c1)OC[C@@H](C1C=CC(OCc3ccc(Cl)c(Cl)c3)=CC1)O2. The van der Waals surface area contributed by atoms with E-state index < -0.39 is 0 Å². The predicted octanol–water partition coefficient (Wildman–Crippen LogP) is 5.62. The van der Waals surface area contributed by atoms with Gasteiger partial charge in [0.15, 0.2) is 11.5 Å². The highest BCUT2D eigenvalue weighted by atomic mass is 35.5. The monoisotopic (exact) mass is 416 g/mol. The van der Waals surface area contributed by atoms with Crippen molar-refractivity contribution in [1.29, 1.82) is 0 Å². The van der Waals surface area contributed by atoms with E-state index in [1.807, 2.05) is 12.1 Å². The Bertz CT molecular complexity index is 952. The molecule has 0 bridgehead atoms. The zero-order chi connectivity index (χ0) is 19.5. The van der Waals surface area contributed by atoms with Crippen LogP contribution in [-0.2, 0) is 11.3 Å². The van der Waals surface area contributed by atoms with Crippen LogP contribution in [0.15, 0.2) is 60.4 Å². The molecule has 0 aromatic heterocycles. The predicted molar refractivity (Wildman–Crippen MR) is 108 cm³/mol. The fourth-order valence-corrected chi connectivity index (χ4v) is 3.50. The van der Waals surface area contributed by atoms with E-state index in [0.717, 1.165) is 24.0 Å². The minimum Gasteiger partial charge on any atom is -0.489 e. The molecule has 2 aliphatic rings. The molecule has 1 heterocycles. The van der Waals surface area contributed by atoms with Gasteiger partial charge in [-0.3, -0.25) is 4.79 Å². The first-order chi connectivity index (χ1) is 13.6. The highest BCUT2D eigenvalue weighted by Crippen LogP contribution is 2.35. The topological polar surface area (TPSA) is 44.8 Å². The zero-order valence-electron chi connectivity index (χ0n) is 14.9. The van der Waals surface area contributed by atoms with E-state index >= 15 is 0 Å². The number of rotatable bonds is 5. The van der Waals surface area contributed by atoms with Gasteiger partial charge in [-0.1, -0.05) is 35.3 Å². The molecule has 2 atom stereocenters. The molecule has 0 N–H and O–H groups in total. The summed E-state index contributed by atoms with van der Waals surface area (Å²) in [6.45, 7) is 0.866. The first-order valence-corrected chi connectivity index (χ1v) is 9.72. The van der Waals surface area contributed by atoms with Crippen LogP contribution < -0.4 is 9.47 Å². The average Bonchev–Trinajstić information content (AvgIpc) is 2.74. The van der Waals surface area contributed by atoms with Gasteiger partial charge in [0, 0.05) is 11.5 Å². The third-order valence-corrected chi connectivity index (χ3v) is 5.49. The number of carbonyl (C=O) groups is 1. The van der Waals surface area contributed by atoms with Crippen molar-refractivity contribution < 1.29 is 19.0 Å². The molecular formula is C22H18Cl2O4. The van der Waals surface area contributed by atoms with Gasteiger partial charge in [0.25, 0.3) is 0 Å². The third-order valence-electron chi connectivity index (χ3n) is 4.75. The second-order valence-electron chi connectivity index (χ2n) is 6.69. The van der Waals surface area contributed by atoms with Crippen molar-refractivity contribution >= 4 is 29.5 Å². The van der Waals surface area contributed by atoms with Crippen LogP contribution in [0.3, 0.4) is 0 Å². The number of allylic oxidation sites excluding steroid dienone is 2. The van der Waals surface area contributed by atoms with Crippen LogP contribution in [0.1, 0.15) is 22.3 Å². The summed E-state index contributed by atoms with van der Waals surface area (Å²) >= 11 is 12.0. The molecule has 28 heavy (non-hydrogen) atoms. The van der Waals surface area contributed by atoms with Crippen LogP contribution in [0, 0.1) is 5.92 Å². The Hall–Kier alpha value is -2.43. The minimum absolute atomic E-state index is 0.0845. The molecule has 4 rings (SSSR count). The van der Waals surface area contributed by atoms with Crippen molar-refractivity contribution in [3.05, 3.63) is 81.6 Å². The van der Waals surface area contributed by atoms with Crippen molar-refractivity contribution in [3.8, 4) is 11.5 Å². The molecule has 0 amide bonds. The van der Waals surface area contributed by atoms with Gasteiger partial charge >= 0.3 is 0 Å². The van der Waals surface area contributed by atoms with Gasteiger partial charge in [0.05, 0.1) is 10.0 Å². The number of hydrogen-bond donors (Lipinski definition) is 0. The van der Waals surface area contributed by atoms with Gasteiger partial charge in [0.2, 0.25) is 0 Å². The average molecular weight is 417 g/mol. The molecule has 0 saturated carbocycles. The molecule has 2 aromatic rings. The van der Waals surface area contributed by atoms with Crippen LogP contribution in [0.2, 0.25) is 10.0 Å². The highest BCUT2D eigenvalue weighted by molar-refractivity contribution is 6.42. The molecule has 1 aliphatic carbocycles. The lowest BCUT2D eigenvalue weighted by Crippen LogP contribution is -2.35. The summed E-state index contributed by atoms with van der Waals surface area (Å²) in [7, 11) is 0. The van der Waals surface area contributed by atoms with Gasteiger partial charge in [0.1, 0.15) is 31.4 Å². The van der Waals surface area contributed by atoms with E-state index in [2.05, 4.69) is 12.2 Å². The van der Waals surface area contributed by atoms with E-state index in [4.69, 9.17) is 37.4 Å². The van der Waals surface area contributed by atoms with E-state index in [0.29, 0.717) is 40.3 Å². The van der Waals surface area contributed by atoms with Crippen LogP contribution in [0.4, 0.5) is 0 Å². The minimum atomic E-state index is -0.0845. The summed E-state index contributed by atoms with van der Waals surface area (Å²) in [5.74, 6) is 2.29. The van der Waals surface area contributed by atoms with Crippen LogP contribution in [0.25, 0.3) is 0 Å². The van der Waals surface area contributed by atoms with Gasteiger partial charge in [-0.2, -0.15) is 0 Å². The van der Waals surface area contributed by atoms with Gasteiger partial charge in [-0.05, 0) is 54.5 Å². The molecule has 0 spiro atoms. The molecule has 6 heteroatoms. The van der Waals surface area contributed by atoms with Crippen molar-refractivity contribution in [1.82, 2.24) is 0 Å². The summed E-state index contributed by atoms with van der Waals surface area (Å²) in [5.41, 5.74) is 1.53. The summed E-state index contributed by atoms with van der Waals surface area (Å²) in [6, 6.07) is 10.7. The lowest BCUT2D eigenvalue weighted by Gasteiger charge is -2.31. The van der Waals surface area contributed by atoms with Crippen LogP contribution >= 0.6 is 23.2 Å². The Morgan fingerprint density at radius 1 is 1.11 bits per heavy atom. The molecule has 4 nitrogen and oxygen atoms in total. The molecule has 0 saturated heterocycles. The number of ether oxygens (including phenoxy) is 3. The van der Waals surface area contributed by atoms with Gasteiger partial charge in [-0.15, -0.1) is 0 Å². The quantitative estimate of drug-likeness (QED) is 0.593. The largest absolute Gasteiger partial charge is 0.489 e. The summed E-state index contributed by atoms with van der Waals surface area (Å²) in [5, 5.41) is 1.05. The molecule has 1 aliphatic heterocycles. The fourth-order valence-electron chi connectivity index (χ4n) is 3.18. The maximum absolute atomic E-state index is 10.9. The number of aldehydes is 1. The molecule has 144 valence electrons. The number of halogens is 2. The lowest BCUT2D eigenvalue weighted by atomic mass is 9.94. The van der Waals surface area contributed by atoms with Gasteiger partial charge in [-0.25, -0.2) is 0 Å². The van der Waals surface area contributed by atoms with Crippen LogP contribution in [-0.4, -0.2) is 19.0 Å².